The molecule has 6 nitrogen and oxygen atoms in total. The molecule has 0 unspecified atom stereocenters. The van der Waals surface area contributed by atoms with Crippen molar-refractivity contribution in [3.63, 3.8) is 0 Å². The molecule has 0 spiro atoms. The highest BCUT2D eigenvalue weighted by molar-refractivity contribution is 5.98. The van der Waals surface area contributed by atoms with Crippen molar-refractivity contribution in [1.82, 2.24) is 10.2 Å². The summed E-state index contributed by atoms with van der Waals surface area (Å²) in [6.45, 7) is 3.18. The molecule has 6 heteroatoms. The van der Waals surface area contributed by atoms with Gasteiger partial charge in [-0.15, -0.1) is 0 Å². The summed E-state index contributed by atoms with van der Waals surface area (Å²) >= 11 is 0. The smallest absolute Gasteiger partial charge is 0.251 e. The number of hydrogen-bond donors (Lipinski definition) is 1. The van der Waals surface area contributed by atoms with Crippen molar-refractivity contribution in [2.45, 2.75) is 19.8 Å². The molecule has 3 amide bonds. The Kier molecular flexibility index (Phi) is 5.14. The number of rotatable bonds is 5. The van der Waals surface area contributed by atoms with Crippen LogP contribution >= 0.6 is 0 Å². The van der Waals surface area contributed by atoms with E-state index in [9.17, 15) is 14.4 Å². The summed E-state index contributed by atoms with van der Waals surface area (Å²) in [5, 5.41) is 2.60. The SMILES string of the molecule is CCN(C)C(=O)CNC(=O)c1ccc(N2CCCC2=O)cc1. The average molecular weight is 303 g/mol. The predicted molar refractivity (Wildman–Crippen MR) is 83.7 cm³/mol. The number of benzene rings is 1. The van der Waals surface area contributed by atoms with Crippen LogP contribution in [0, 0.1) is 0 Å². The first kappa shape index (κ1) is 16.0. The Balaban J connectivity index is 1.94. The van der Waals surface area contributed by atoms with Crippen molar-refractivity contribution in [2.75, 3.05) is 31.6 Å². The van der Waals surface area contributed by atoms with Gasteiger partial charge in [0.2, 0.25) is 11.8 Å². The Morgan fingerprint density at radius 1 is 1.27 bits per heavy atom. The van der Waals surface area contributed by atoms with E-state index in [1.54, 1.807) is 41.1 Å². The van der Waals surface area contributed by atoms with Gasteiger partial charge in [0.1, 0.15) is 0 Å². The van der Waals surface area contributed by atoms with E-state index in [1.807, 2.05) is 6.92 Å². The zero-order valence-electron chi connectivity index (χ0n) is 13.0. The summed E-state index contributed by atoms with van der Waals surface area (Å²) in [5.74, 6) is -0.308. The van der Waals surface area contributed by atoms with E-state index in [4.69, 9.17) is 0 Å². The third-order valence-electron chi connectivity index (χ3n) is 3.81. The van der Waals surface area contributed by atoms with Crippen molar-refractivity contribution in [3.05, 3.63) is 29.8 Å². The molecule has 1 fully saturated rings. The van der Waals surface area contributed by atoms with Crippen LogP contribution in [-0.4, -0.2) is 49.3 Å². The second kappa shape index (κ2) is 7.06. The number of likely N-dealkylation sites (N-methyl/N-ethyl adjacent to an activating group) is 1. The minimum Gasteiger partial charge on any atom is -0.345 e. The minimum atomic E-state index is -0.294. The van der Waals surface area contributed by atoms with Crippen LogP contribution in [0.4, 0.5) is 5.69 Å². The Labute approximate surface area is 130 Å². The van der Waals surface area contributed by atoms with Crippen LogP contribution in [0.3, 0.4) is 0 Å². The first-order valence-electron chi connectivity index (χ1n) is 7.45. The molecule has 1 aromatic carbocycles. The molecule has 1 N–H and O–H groups in total. The molecule has 0 radical (unpaired) electrons. The first-order valence-corrected chi connectivity index (χ1v) is 7.45. The Hall–Kier alpha value is -2.37. The summed E-state index contributed by atoms with van der Waals surface area (Å²) < 4.78 is 0. The van der Waals surface area contributed by atoms with Gasteiger partial charge in [0.05, 0.1) is 6.54 Å². The number of carbonyl (C=O) groups is 3. The minimum absolute atomic E-state index is 0.0183. The van der Waals surface area contributed by atoms with E-state index >= 15 is 0 Å². The highest BCUT2D eigenvalue weighted by Gasteiger charge is 2.21. The fourth-order valence-electron chi connectivity index (χ4n) is 2.28. The average Bonchev–Trinajstić information content (AvgIpc) is 2.97. The summed E-state index contributed by atoms with van der Waals surface area (Å²) in [6, 6.07) is 6.87. The van der Waals surface area contributed by atoms with Gasteiger partial charge < -0.3 is 15.1 Å². The van der Waals surface area contributed by atoms with Crippen LogP contribution in [-0.2, 0) is 9.59 Å². The van der Waals surface area contributed by atoms with Crippen molar-refractivity contribution >= 4 is 23.4 Å². The largest absolute Gasteiger partial charge is 0.345 e. The lowest BCUT2D eigenvalue weighted by atomic mass is 10.2. The van der Waals surface area contributed by atoms with Gasteiger partial charge in [0.15, 0.2) is 0 Å². The van der Waals surface area contributed by atoms with Gasteiger partial charge in [-0.3, -0.25) is 14.4 Å². The second-order valence-electron chi connectivity index (χ2n) is 5.29. The van der Waals surface area contributed by atoms with E-state index in [0.717, 1.165) is 18.7 Å². The quantitative estimate of drug-likeness (QED) is 0.883. The zero-order valence-corrected chi connectivity index (χ0v) is 13.0. The maximum atomic E-state index is 12.0. The summed E-state index contributed by atoms with van der Waals surface area (Å²) in [4.78, 5) is 38.6. The van der Waals surface area contributed by atoms with E-state index < -0.39 is 0 Å². The van der Waals surface area contributed by atoms with Crippen molar-refractivity contribution < 1.29 is 14.4 Å². The highest BCUT2D eigenvalue weighted by atomic mass is 16.2. The van der Waals surface area contributed by atoms with E-state index in [2.05, 4.69) is 5.32 Å². The topological polar surface area (TPSA) is 69.7 Å². The van der Waals surface area contributed by atoms with Gasteiger partial charge in [-0.2, -0.15) is 0 Å². The van der Waals surface area contributed by atoms with Gasteiger partial charge in [-0.1, -0.05) is 0 Å². The van der Waals surface area contributed by atoms with Crippen LogP contribution in [0.25, 0.3) is 0 Å². The van der Waals surface area contributed by atoms with Gasteiger partial charge in [0.25, 0.3) is 5.91 Å². The predicted octanol–water partition coefficient (Wildman–Crippen LogP) is 1.02. The van der Waals surface area contributed by atoms with Gasteiger partial charge >= 0.3 is 0 Å². The first-order chi connectivity index (χ1) is 10.5. The zero-order chi connectivity index (χ0) is 16.1. The number of carbonyl (C=O) groups excluding carboxylic acids is 3. The standard InChI is InChI=1S/C16H21N3O3/c1-3-18(2)15(21)11-17-16(22)12-6-8-13(9-7-12)19-10-4-5-14(19)20/h6-9H,3-5,10-11H2,1-2H3,(H,17,22). The Morgan fingerprint density at radius 3 is 2.50 bits per heavy atom. The van der Waals surface area contributed by atoms with Crippen LogP contribution in [0.2, 0.25) is 0 Å². The highest BCUT2D eigenvalue weighted by Crippen LogP contribution is 2.21. The van der Waals surface area contributed by atoms with Crippen molar-refractivity contribution in [2.24, 2.45) is 0 Å². The fraction of sp³-hybridized carbons (Fsp3) is 0.438. The fourth-order valence-corrected chi connectivity index (χ4v) is 2.28. The third-order valence-corrected chi connectivity index (χ3v) is 3.81. The van der Waals surface area contributed by atoms with E-state index in [0.29, 0.717) is 18.5 Å². The van der Waals surface area contributed by atoms with Crippen LogP contribution in [0.15, 0.2) is 24.3 Å². The van der Waals surface area contributed by atoms with E-state index in [1.165, 1.54) is 0 Å². The van der Waals surface area contributed by atoms with E-state index in [-0.39, 0.29) is 24.3 Å². The molecule has 1 aliphatic heterocycles. The molecule has 0 aromatic heterocycles. The molecule has 22 heavy (non-hydrogen) atoms. The molecule has 0 aliphatic carbocycles. The molecule has 2 rings (SSSR count). The normalized spacial score (nSPS) is 14.1. The number of amides is 3. The maximum absolute atomic E-state index is 12.0. The molecule has 1 saturated heterocycles. The lowest BCUT2D eigenvalue weighted by molar-refractivity contribution is -0.128. The lowest BCUT2D eigenvalue weighted by Gasteiger charge is -2.16. The van der Waals surface area contributed by atoms with Crippen LogP contribution in [0.5, 0.6) is 0 Å². The number of hydrogen-bond acceptors (Lipinski definition) is 3. The monoisotopic (exact) mass is 303 g/mol. The summed E-state index contributed by atoms with van der Waals surface area (Å²) in [5.41, 5.74) is 1.28. The molecule has 0 bridgehead atoms. The van der Waals surface area contributed by atoms with Gasteiger partial charge in [0, 0.05) is 37.8 Å². The number of anilines is 1. The molecule has 1 aromatic rings. The summed E-state index contributed by atoms with van der Waals surface area (Å²) in [7, 11) is 1.69. The molecule has 1 aliphatic rings. The molecular weight excluding hydrogens is 282 g/mol. The van der Waals surface area contributed by atoms with Crippen LogP contribution in [0.1, 0.15) is 30.1 Å². The molecule has 0 atom stereocenters. The summed E-state index contributed by atoms with van der Waals surface area (Å²) in [6.07, 6.45) is 1.45. The second-order valence-corrected chi connectivity index (χ2v) is 5.29. The maximum Gasteiger partial charge on any atom is 0.251 e. The Morgan fingerprint density at radius 2 is 1.95 bits per heavy atom. The van der Waals surface area contributed by atoms with Crippen molar-refractivity contribution in [3.8, 4) is 0 Å². The van der Waals surface area contributed by atoms with Gasteiger partial charge in [-0.05, 0) is 37.6 Å². The Bertz CT molecular complexity index is 569. The molecule has 118 valence electrons. The number of nitrogens with zero attached hydrogens (tertiary/aromatic N) is 2. The lowest BCUT2D eigenvalue weighted by Crippen LogP contribution is -2.38. The molecule has 1 heterocycles. The molecule has 0 saturated carbocycles. The third kappa shape index (κ3) is 3.63. The number of nitrogens with one attached hydrogen (secondary N) is 1. The van der Waals surface area contributed by atoms with Crippen LogP contribution < -0.4 is 10.2 Å². The van der Waals surface area contributed by atoms with Crippen molar-refractivity contribution in [1.29, 1.82) is 0 Å². The van der Waals surface area contributed by atoms with Gasteiger partial charge in [-0.25, -0.2) is 0 Å². The molecular formula is C16H21N3O3.